The Balaban J connectivity index is 1.29. The van der Waals surface area contributed by atoms with Crippen molar-refractivity contribution in [2.24, 2.45) is 5.92 Å². The summed E-state index contributed by atoms with van der Waals surface area (Å²) in [7, 11) is 0. The molecule has 0 aliphatic carbocycles. The lowest BCUT2D eigenvalue weighted by molar-refractivity contribution is -0.130. The second-order valence-corrected chi connectivity index (χ2v) is 7.72. The lowest BCUT2D eigenvalue weighted by atomic mass is 9.93. The number of carbonyl (C=O) groups excluding carboxylic acids is 2. The molecule has 2 heterocycles. The number of piperazine rings is 1. The maximum atomic E-state index is 12.3. The number of nitrogens with one attached hydrogen (secondary N) is 1. The van der Waals surface area contributed by atoms with Crippen LogP contribution in [0.15, 0.2) is 30.3 Å². The minimum absolute atomic E-state index is 0.0136. The number of urea groups is 1. The second kappa shape index (κ2) is 9.74. The average Bonchev–Trinajstić information content (AvgIpc) is 2.70. The van der Waals surface area contributed by atoms with Gasteiger partial charge >= 0.3 is 6.03 Å². The van der Waals surface area contributed by atoms with E-state index >= 15 is 0 Å². The number of hydrogen-bond donors (Lipinski definition) is 1. The van der Waals surface area contributed by atoms with Gasteiger partial charge in [0, 0.05) is 46.2 Å². The third-order valence-corrected chi connectivity index (χ3v) is 5.80. The molecule has 3 amide bonds. The van der Waals surface area contributed by atoms with Crippen LogP contribution in [0.2, 0.25) is 0 Å². The van der Waals surface area contributed by atoms with E-state index < -0.39 is 0 Å². The lowest BCUT2D eigenvalue weighted by Gasteiger charge is -2.34. The summed E-state index contributed by atoms with van der Waals surface area (Å²) in [5, 5.41) is 3.06. The number of nitrogens with zero attached hydrogens (tertiary/aromatic N) is 3. The third kappa shape index (κ3) is 5.96. The van der Waals surface area contributed by atoms with Crippen LogP contribution in [0.25, 0.3) is 0 Å². The first-order valence-corrected chi connectivity index (χ1v) is 10.2. The van der Waals surface area contributed by atoms with Gasteiger partial charge in [-0.2, -0.15) is 0 Å². The van der Waals surface area contributed by atoms with Crippen LogP contribution in [0.3, 0.4) is 0 Å². The van der Waals surface area contributed by atoms with Crippen molar-refractivity contribution >= 4 is 11.9 Å². The van der Waals surface area contributed by atoms with Crippen LogP contribution in [-0.4, -0.2) is 72.5 Å². The highest BCUT2D eigenvalue weighted by molar-refractivity contribution is 5.76. The monoisotopic (exact) mass is 372 g/mol. The van der Waals surface area contributed by atoms with Crippen LogP contribution in [0.5, 0.6) is 0 Å². The summed E-state index contributed by atoms with van der Waals surface area (Å²) >= 11 is 0. The Morgan fingerprint density at radius 2 is 1.59 bits per heavy atom. The smallest absolute Gasteiger partial charge is 0.317 e. The summed E-state index contributed by atoms with van der Waals surface area (Å²) in [6.45, 7) is 8.19. The number of rotatable bonds is 5. The summed E-state index contributed by atoms with van der Waals surface area (Å²) in [4.78, 5) is 29.8. The molecule has 148 valence electrons. The van der Waals surface area contributed by atoms with Gasteiger partial charge in [0.25, 0.3) is 0 Å². The fraction of sp³-hybridized carbons (Fsp3) is 0.619. The Bertz CT molecular complexity index is 606. The van der Waals surface area contributed by atoms with Gasteiger partial charge in [0.15, 0.2) is 0 Å². The number of benzene rings is 1. The summed E-state index contributed by atoms with van der Waals surface area (Å²) in [5.41, 5.74) is 1.38. The Morgan fingerprint density at radius 3 is 2.22 bits per heavy atom. The maximum absolute atomic E-state index is 12.3. The second-order valence-electron chi connectivity index (χ2n) is 7.72. The first-order chi connectivity index (χ1) is 13.1. The molecule has 1 N–H and O–H groups in total. The van der Waals surface area contributed by atoms with Crippen molar-refractivity contribution in [1.29, 1.82) is 0 Å². The van der Waals surface area contributed by atoms with E-state index in [2.05, 4.69) is 40.5 Å². The normalized spacial score (nSPS) is 19.1. The molecule has 0 spiro atoms. The van der Waals surface area contributed by atoms with Gasteiger partial charge in [-0.3, -0.25) is 9.69 Å². The number of hydrogen-bond acceptors (Lipinski definition) is 3. The van der Waals surface area contributed by atoms with Gasteiger partial charge < -0.3 is 15.1 Å². The molecule has 1 aromatic rings. The molecule has 6 nitrogen and oxygen atoms in total. The van der Waals surface area contributed by atoms with Crippen molar-refractivity contribution in [1.82, 2.24) is 20.0 Å². The van der Waals surface area contributed by atoms with Crippen LogP contribution in [0.1, 0.15) is 31.7 Å². The molecule has 0 radical (unpaired) electrons. The van der Waals surface area contributed by atoms with Crippen molar-refractivity contribution < 1.29 is 9.59 Å². The van der Waals surface area contributed by atoms with E-state index in [-0.39, 0.29) is 11.9 Å². The van der Waals surface area contributed by atoms with Gasteiger partial charge in [0.1, 0.15) is 0 Å². The molecule has 6 heteroatoms. The topological polar surface area (TPSA) is 55.9 Å². The molecule has 2 saturated heterocycles. The summed E-state index contributed by atoms with van der Waals surface area (Å²) < 4.78 is 0. The van der Waals surface area contributed by atoms with Gasteiger partial charge in [-0.15, -0.1) is 0 Å². The number of likely N-dealkylation sites (tertiary alicyclic amines) is 1. The van der Waals surface area contributed by atoms with Crippen molar-refractivity contribution in [2.75, 3.05) is 45.8 Å². The highest BCUT2D eigenvalue weighted by Crippen LogP contribution is 2.21. The van der Waals surface area contributed by atoms with Crippen LogP contribution in [-0.2, 0) is 11.3 Å². The van der Waals surface area contributed by atoms with E-state index in [0.717, 1.165) is 32.6 Å². The van der Waals surface area contributed by atoms with Gasteiger partial charge in [-0.25, -0.2) is 4.79 Å². The van der Waals surface area contributed by atoms with Crippen molar-refractivity contribution in [2.45, 2.75) is 32.7 Å². The molecule has 2 aliphatic heterocycles. The fourth-order valence-corrected chi connectivity index (χ4v) is 3.99. The molecule has 0 aromatic heterocycles. The zero-order chi connectivity index (χ0) is 19.1. The number of piperidine rings is 1. The van der Waals surface area contributed by atoms with Crippen LogP contribution in [0, 0.1) is 5.92 Å². The maximum Gasteiger partial charge on any atom is 0.317 e. The molecule has 0 bridgehead atoms. The van der Waals surface area contributed by atoms with E-state index in [1.54, 1.807) is 11.8 Å². The van der Waals surface area contributed by atoms with Crippen LogP contribution in [0.4, 0.5) is 4.79 Å². The minimum atomic E-state index is 0.0136. The van der Waals surface area contributed by atoms with Gasteiger partial charge in [0.2, 0.25) is 5.91 Å². The average molecular weight is 373 g/mol. The van der Waals surface area contributed by atoms with E-state index in [4.69, 9.17) is 0 Å². The Morgan fingerprint density at radius 1 is 0.963 bits per heavy atom. The third-order valence-electron chi connectivity index (χ3n) is 5.80. The van der Waals surface area contributed by atoms with E-state index in [0.29, 0.717) is 32.1 Å². The Labute approximate surface area is 162 Å². The fourth-order valence-electron chi connectivity index (χ4n) is 3.99. The molecule has 3 rings (SSSR count). The van der Waals surface area contributed by atoms with Crippen LogP contribution < -0.4 is 5.32 Å². The quantitative estimate of drug-likeness (QED) is 0.862. The molecule has 2 fully saturated rings. The summed E-state index contributed by atoms with van der Waals surface area (Å²) in [5.74, 6) is 0.792. The number of carbonyl (C=O) groups is 2. The van der Waals surface area contributed by atoms with Crippen molar-refractivity contribution in [3.8, 4) is 0 Å². The molecular weight excluding hydrogens is 340 g/mol. The van der Waals surface area contributed by atoms with E-state index in [1.807, 2.05) is 4.90 Å². The van der Waals surface area contributed by atoms with Crippen molar-refractivity contribution in [3.63, 3.8) is 0 Å². The molecule has 27 heavy (non-hydrogen) atoms. The predicted molar refractivity (Wildman–Crippen MR) is 106 cm³/mol. The first-order valence-electron chi connectivity index (χ1n) is 10.2. The van der Waals surface area contributed by atoms with E-state index in [1.165, 1.54) is 18.4 Å². The molecular formula is C21H32N4O2. The van der Waals surface area contributed by atoms with Crippen LogP contribution >= 0.6 is 0 Å². The highest BCUT2D eigenvalue weighted by atomic mass is 16.2. The zero-order valence-corrected chi connectivity index (χ0v) is 16.4. The van der Waals surface area contributed by atoms with Gasteiger partial charge in [0.05, 0.1) is 0 Å². The predicted octanol–water partition coefficient (Wildman–Crippen LogP) is 2.16. The SMILES string of the molecule is CC(=O)N1CCN(C(=O)NCCC2CCN(Cc3ccccc3)CC2)CC1. The van der Waals surface area contributed by atoms with E-state index in [9.17, 15) is 9.59 Å². The van der Waals surface area contributed by atoms with Gasteiger partial charge in [-0.1, -0.05) is 30.3 Å². The minimum Gasteiger partial charge on any atom is -0.339 e. The molecule has 0 unspecified atom stereocenters. The zero-order valence-electron chi connectivity index (χ0n) is 16.4. The lowest BCUT2D eigenvalue weighted by Crippen LogP contribution is -2.53. The first kappa shape index (κ1) is 19.7. The number of amides is 3. The summed E-state index contributed by atoms with van der Waals surface area (Å²) in [6.07, 6.45) is 3.47. The van der Waals surface area contributed by atoms with Crippen molar-refractivity contribution in [3.05, 3.63) is 35.9 Å². The largest absolute Gasteiger partial charge is 0.339 e. The molecule has 1 aromatic carbocycles. The highest BCUT2D eigenvalue weighted by Gasteiger charge is 2.23. The molecule has 2 aliphatic rings. The standard InChI is InChI=1S/C21H32N4O2/c1-18(26)24-13-15-25(16-14-24)21(27)22-10-7-19-8-11-23(12-9-19)17-20-5-3-2-4-6-20/h2-6,19H,7-17H2,1H3,(H,22,27). The molecule has 0 saturated carbocycles. The molecule has 0 atom stereocenters. The Hall–Kier alpha value is -2.08. The Kier molecular flexibility index (Phi) is 7.10. The van der Waals surface area contributed by atoms with Gasteiger partial charge in [-0.05, 0) is 43.8 Å². The summed E-state index contributed by atoms with van der Waals surface area (Å²) in [6, 6.07) is 10.7.